The largest absolute Gasteiger partial charge is 0.462 e. The third-order valence-electron chi connectivity index (χ3n) is 3.35. The second-order valence-electron chi connectivity index (χ2n) is 4.76. The summed E-state index contributed by atoms with van der Waals surface area (Å²) in [4.78, 5) is 0.148. The quantitative estimate of drug-likeness (QED) is 0.864. The first-order chi connectivity index (χ1) is 8.98. The van der Waals surface area contributed by atoms with Crippen LogP contribution in [0.15, 0.2) is 15.4 Å². The number of aryl methyl sites for hydroxylation is 1. The summed E-state index contributed by atoms with van der Waals surface area (Å²) in [6.07, 6.45) is 0.802. The molecular weight excluding hydrogens is 270 g/mol. The molecule has 0 amide bonds. The Hall–Kier alpha value is -0.890. The molecular formula is C12H19NO5S. The van der Waals surface area contributed by atoms with Gasteiger partial charge in [-0.25, -0.2) is 8.42 Å². The summed E-state index contributed by atoms with van der Waals surface area (Å²) in [6.45, 7) is 2.82. The molecule has 1 unspecified atom stereocenters. The van der Waals surface area contributed by atoms with Crippen LogP contribution in [0.5, 0.6) is 0 Å². The Kier molecular flexibility index (Phi) is 4.29. The summed E-state index contributed by atoms with van der Waals surface area (Å²) in [6, 6.07) is 1.40. The molecule has 19 heavy (non-hydrogen) atoms. The summed E-state index contributed by atoms with van der Waals surface area (Å²) in [5.74, 6) is 0.826. The topological polar surface area (TPSA) is 80.0 Å². The van der Waals surface area contributed by atoms with Gasteiger partial charge in [0, 0.05) is 26.3 Å². The molecule has 0 aromatic carbocycles. The minimum Gasteiger partial charge on any atom is -0.462 e. The number of aliphatic hydroxyl groups is 1. The lowest BCUT2D eigenvalue weighted by Crippen LogP contribution is -2.29. The van der Waals surface area contributed by atoms with Gasteiger partial charge in [-0.15, -0.1) is 0 Å². The number of aliphatic hydroxyl groups excluding tert-OH is 1. The van der Waals surface area contributed by atoms with E-state index in [1.54, 1.807) is 14.0 Å². The number of sulfonamides is 1. The lowest BCUT2D eigenvalue weighted by Gasteiger charge is -2.15. The Balaban J connectivity index is 2.21. The van der Waals surface area contributed by atoms with E-state index in [1.807, 2.05) is 0 Å². The van der Waals surface area contributed by atoms with Crippen LogP contribution in [0.3, 0.4) is 0 Å². The van der Waals surface area contributed by atoms with Crippen LogP contribution in [0.1, 0.15) is 17.9 Å². The Morgan fingerprint density at radius 2 is 2.32 bits per heavy atom. The highest BCUT2D eigenvalue weighted by atomic mass is 32.2. The average Bonchev–Trinajstić information content (AvgIpc) is 2.96. The number of rotatable bonds is 5. The predicted octanol–water partition coefficient (Wildman–Crippen LogP) is 0.737. The highest BCUT2D eigenvalue weighted by Gasteiger charge is 2.34. The number of ether oxygens (including phenoxy) is 1. The number of hydrogen-bond acceptors (Lipinski definition) is 5. The van der Waals surface area contributed by atoms with E-state index in [4.69, 9.17) is 14.3 Å². The Morgan fingerprint density at radius 3 is 2.89 bits per heavy atom. The van der Waals surface area contributed by atoms with Crippen LogP contribution in [-0.4, -0.2) is 44.6 Å². The lowest BCUT2D eigenvalue weighted by molar-refractivity contribution is 0.157. The minimum absolute atomic E-state index is 0.148. The molecule has 0 radical (unpaired) electrons. The molecule has 1 aliphatic rings. The molecule has 1 aliphatic heterocycles. The summed E-state index contributed by atoms with van der Waals surface area (Å²) >= 11 is 0. The maximum atomic E-state index is 12.5. The van der Waals surface area contributed by atoms with Crippen molar-refractivity contribution in [3.05, 3.63) is 17.6 Å². The van der Waals surface area contributed by atoms with Gasteiger partial charge in [-0.1, -0.05) is 0 Å². The zero-order valence-corrected chi connectivity index (χ0v) is 11.9. The molecule has 0 aliphatic carbocycles. The van der Waals surface area contributed by atoms with Crippen molar-refractivity contribution in [3.63, 3.8) is 0 Å². The van der Waals surface area contributed by atoms with E-state index in [0.717, 1.165) is 6.42 Å². The van der Waals surface area contributed by atoms with Gasteiger partial charge < -0.3 is 14.3 Å². The summed E-state index contributed by atoms with van der Waals surface area (Å²) in [5, 5.41) is 9.00. The average molecular weight is 289 g/mol. The molecule has 2 rings (SSSR count). The number of furan rings is 1. The smallest absolute Gasteiger partial charge is 0.246 e. The molecule has 0 bridgehead atoms. The van der Waals surface area contributed by atoms with Crippen LogP contribution in [0.25, 0.3) is 0 Å². The van der Waals surface area contributed by atoms with E-state index >= 15 is 0 Å². The van der Waals surface area contributed by atoms with E-state index in [-0.39, 0.29) is 23.2 Å². The highest BCUT2D eigenvalue weighted by molar-refractivity contribution is 7.89. The van der Waals surface area contributed by atoms with Crippen molar-refractivity contribution < 1.29 is 22.7 Å². The molecule has 6 nitrogen and oxygen atoms in total. The molecule has 1 N–H and O–H groups in total. The Morgan fingerprint density at radius 1 is 1.58 bits per heavy atom. The van der Waals surface area contributed by atoms with Gasteiger partial charge in [0.15, 0.2) is 0 Å². The summed E-state index contributed by atoms with van der Waals surface area (Å²) in [5.41, 5.74) is 0. The van der Waals surface area contributed by atoms with Crippen molar-refractivity contribution in [3.8, 4) is 0 Å². The Bertz CT molecular complexity index is 536. The number of methoxy groups -OCH3 is 1. The van der Waals surface area contributed by atoms with Gasteiger partial charge >= 0.3 is 0 Å². The molecule has 1 atom stereocenters. The molecule has 108 valence electrons. The van der Waals surface area contributed by atoms with Gasteiger partial charge in [-0.05, 0) is 19.3 Å². The van der Waals surface area contributed by atoms with Crippen LogP contribution in [0.4, 0.5) is 0 Å². The predicted molar refractivity (Wildman–Crippen MR) is 68.1 cm³/mol. The van der Waals surface area contributed by atoms with Crippen LogP contribution in [0, 0.1) is 12.8 Å². The number of nitrogens with zero attached hydrogens (tertiary/aromatic N) is 1. The van der Waals surface area contributed by atoms with Crippen LogP contribution < -0.4 is 0 Å². The lowest BCUT2D eigenvalue weighted by atomic mass is 10.1. The fourth-order valence-corrected chi connectivity index (χ4v) is 4.10. The molecule has 1 aromatic rings. The van der Waals surface area contributed by atoms with E-state index in [1.165, 1.54) is 10.4 Å². The van der Waals surface area contributed by atoms with Crippen molar-refractivity contribution in [1.29, 1.82) is 0 Å². The normalized spacial score (nSPS) is 21.1. The summed E-state index contributed by atoms with van der Waals surface area (Å²) < 4.78 is 36.7. The van der Waals surface area contributed by atoms with E-state index in [2.05, 4.69) is 0 Å². The maximum absolute atomic E-state index is 12.5. The van der Waals surface area contributed by atoms with Gasteiger partial charge in [0.25, 0.3) is 0 Å². The van der Waals surface area contributed by atoms with Gasteiger partial charge in [0.05, 0.1) is 6.61 Å². The van der Waals surface area contributed by atoms with Crippen molar-refractivity contribution in [2.24, 2.45) is 5.92 Å². The monoisotopic (exact) mass is 289 g/mol. The van der Waals surface area contributed by atoms with Crippen LogP contribution >= 0.6 is 0 Å². The first-order valence-electron chi connectivity index (χ1n) is 6.18. The molecule has 1 fully saturated rings. The van der Waals surface area contributed by atoms with E-state index in [9.17, 15) is 8.42 Å². The SMILES string of the molecule is COCC1CCN(S(=O)(=O)c2cc(CO)oc2C)C1. The van der Waals surface area contributed by atoms with Crippen molar-refractivity contribution in [1.82, 2.24) is 4.31 Å². The fraction of sp³-hybridized carbons (Fsp3) is 0.667. The third kappa shape index (κ3) is 2.84. The Labute approximate surface area is 113 Å². The van der Waals surface area contributed by atoms with E-state index < -0.39 is 10.0 Å². The van der Waals surface area contributed by atoms with Crippen molar-refractivity contribution in [2.45, 2.75) is 24.8 Å². The highest BCUT2D eigenvalue weighted by Crippen LogP contribution is 2.28. The standard InChI is InChI=1S/C12H19NO5S/c1-9-12(5-11(7-14)18-9)19(15,16)13-4-3-10(6-13)8-17-2/h5,10,14H,3-4,6-8H2,1-2H3. The van der Waals surface area contributed by atoms with E-state index in [0.29, 0.717) is 25.5 Å². The van der Waals surface area contributed by atoms with Crippen LogP contribution in [-0.2, 0) is 21.4 Å². The third-order valence-corrected chi connectivity index (χ3v) is 5.32. The van der Waals surface area contributed by atoms with Gasteiger partial charge in [-0.2, -0.15) is 4.31 Å². The molecule has 0 spiro atoms. The molecule has 0 saturated carbocycles. The molecule has 1 saturated heterocycles. The van der Waals surface area contributed by atoms with Crippen molar-refractivity contribution in [2.75, 3.05) is 26.8 Å². The molecule has 1 aromatic heterocycles. The molecule has 2 heterocycles. The zero-order chi connectivity index (χ0) is 14.0. The van der Waals surface area contributed by atoms with Gasteiger partial charge in [0.2, 0.25) is 10.0 Å². The number of hydrogen-bond donors (Lipinski definition) is 1. The zero-order valence-electron chi connectivity index (χ0n) is 11.1. The fourth-order valence-electron chi connectivity index (χ4n) is 2.38. The van der Waals surface area contributed by atoms with Gasteiger partial charge in [0.1, 0.15) is 23.0 Å². The summed E-state index contributed by atoms with van der Waals surface area (Å²) in [7, 11) is -1.92. The second kappa shape index (κ2) is 5.62. The second-order valence-corrected chi connectivity index (χ2v) is 6.67. The van der Waals surface area contributed by atoms with Gasteiger partial charge in [-0.3, -0.25) is 0 Å². The minimum atomic E-state index is -3.54. The van der Waals surface area contributed by atoms with Crippen LogP contribution in [0.2, 0.25) is 0 Å². The maximum Gasteiger partial charge on any atom is 0.246 e. The first kappa shape index (κ1) is 14.5. The molecule has 7 heteroatoms. The van der Waals surface area contributed by atoms with Crippen molar-refractivity contribution >= 4 is 10.0 Å². The first-order valence-corrected chi connectivity index (χ1v) is 7.62.